The van der Waals surface area contributed by atoms with Gasteiger partial charge in [-0.15, -0.1) is 0 Å². The van der Waals surface area contributed by atoms with Crippen LogP contribution in [0.15, 0.2) is 39.4 Å². The van der Waals surface area contributed by atoms with E-state index >= 15 is 0 Å². The number of nitrogens with one attached hydrogen (secondary N) is 1. The maximum atomic E-state index is 12.6. The molecule has 1 aliphatic carbocycles. The molecule has 0 unspecified atom stereocenters. The second kappa shape index (κ2) is 7.26. The smallest absolute Gasteiger partial charge is 0.280 e. The number of carbonyl (C=O) groups excluding carboxylic acids is 1. The van der Waals surface area contributed by atoms with Crippen LogP contribution in [0.5, 0.6) is 5.75 Å². The lowest BCUT2D eigenvalue weighted by molar-refractivity contribution is 0.101. The highest BCUT2D eigenvalue weighted by molar-refractivity contribution is 6.03. The SMILES string of the molecule is CCOc1ccccc1-c1cc(NC(=O)c2noc3c2C[C@H](C)CC3)on1. The van der Waals surface area contributed by atoms with Gasteiger partial charge in [-0.2, -0.15) is 0 Å². The fourth-order valence-corrected chi connectivity index (χ4v) is 3.35. The molecule has 27 heavy (non-hydrogen) atoms. The Bertz CT molecular complexity index is 960. The number of nitrogens with zero attached hydrogens (tertiary/aromatic N) is 2. The molecular weight excluding hydrogens is 346 g/mol. The first-order valence-electron chi connectivity index (χ1n) is 9.13. The topological polar surface area (TPSA) is 90.4 Å². The van der Waals surface area contributed by atoms with E-state index < -0.39 is 0 Å². The number of benzene rings is 1. The van der Waals surface area contributed by atoms with Gasteiger partial charge >= 0.3 is 0 Å². The fourth-order valence-electron chi connectivity index (χ4n) is 3.35. The van der Waals surface area contributed by atoms with Crippen LogP contribution in [-0.2, 0) is 12.8 Å². The molecule has 0 saturated carbocycles. The molecule has 4 rings (SSSR count). The second-order valence-electron chi connectivity index (χ2n) is 6.74. The number of amides is 1. The zero-order chi connectivity index (χ0) is 18.8. The molecule has 140 valence electrons. The number of rotatable bonds is 5. The van der Waals surface area contributed by atoms with Crippen LogP contribution in [0.1, 0.15) is 42.1 Å². The Morgan fingerprint density at radius 2 is 2.15 bits per heavy atom. The quantitative estimate of drug-likeness (QED) is 0.730. The standard InChI is InChI=1S/C20H21N3O4/c1-3-25-16-7-5-4-6-13(16)15-11-18(27-22-15)21-20(24)19-14-10-12(2)8-9-17(14)26-23-19/h4-7,11-12H,3,8-10H2,1-2H3,(H,21,24)/t12-/m1/s1. The molecule has 1 N–H and O–H groups in total. The minimum Gasteiger partial charge on any atom is -0.493 e. The molecule has 0 radical (unpaired) electrons. The highest BCUT2D eigenvalue weighted by Gasteiger charge is 2.27. The lowest BCUT2D eigenvalue weighted by atomic mass is 9.88. The van der Waals surface area contributed by atoms with Gasteiger partial charge in [-0.3, -0.25) is 10.1 Å². The average Bonchev–Trinajstić information content (AvgIpc) is 3.29. The summed E-state index contributed by atoms with van der Waals surface area (Å²) >= 11 is 0. The van der Waals surface area contributed by atoms with E-state index in [1.165, 1.54) is 0 Å². The number of carbonyl (C=O) groups is 1. The Morgan fingerprint density at radius 1 is 1.30 bits per heavy atom. The van der Waals surface area contributed by atoms with Crippen LogP contribution in [0.4, 0.5) is 5.88 Å². The van der Waals surface area contributed by atoms with Crippen molar-refractivity contribution in [3.05, 3.63) is 47.3 Å². The van der Waals surface area contributed by atoms with Crippen LogP contribution in [0.3, 0.4) is 0 Å². The van der Waals surface area contributed by atoms with Crippen LogP contribution < -0.4 is 10.1 Å². The van der Waals surface area contributed by atoms with Gasteiger partial charge in [0.2, 0.25) is 5.88 Å². The molecule has 0 spiro atoms. The molecule has 0 saturated heterocycles. The third kappa shape index (κ3) is 3.45. The largest absolute Gasteiger partial charge is 0.493 e. The van der Waals surface area contributed by atoms with E-state index in [2.05, 4.69) is 22.6 Å². The number of aromatic nitrogens is 2. The maximum absolute atomic E-state index is 12.6. The summed E-state index contributed by atoms with van der Waals surface area (Å²) in [6.45, 7) is 4.63. The predicted octanol–water partition coefficient (Wildman–Crippen LogP) is 4.11. The van der Waals surface area contributed by atoms with E-state index in [0.29, 0.717) is 29.7 Å². The first-order valence-corrected chi connectivity index (χ1v) is 9.13. The molecule has 3 aromatic rings. The van der Waals surface area contributed by atoms with Crippen LogP contribution in [0, 0.1) is 5.92 Å². The summed E-state index contributed by atoms with van der Waals surface area (Å²) in [5, 5.41) is 10.7. The van der Waals surface area contributed by atoms with Crippen molar-refractivity contribution in [3.8, 4) is 17.0 Å². The molecule has 0 aliphatic heterocycles. The normalized spacial score (nSPS) is 16.0. The summed E-state index contributed by atoms with van der Waals surface area (Å²) in [5.41, 5.74) is 2.61. The highest BCUT2D eigenvalue weighted by atomic mass is 16.5. The van der Waals surface area contributed by atoms with Gasteiger partial charge in [-0.1, -0.05) is 29.4 Å². The van der Waals surface area contributed by atoms with Crippen molar-refractivity contribution in [2.45, 2.75) is 33.1 Å². The van der Waals surface area contributed by atoms with Gasteiger partial charge in [0.05, 0.1) is 6.61 Å². The second-order valence-corrected chi connectivity index (χ2v) is 6.74. The predicted molar refractivity (Wildman–Crippen MR) is 98.8 cm³/mol. The van der Waals surface area contributed by atoms with Crippen molar-refractivity contribution in [1.82, 2.24) is 10.3 Å². The summed E-state index contributed by atoms with van der Waals surface area (Å²) in [4.78, 5) is 12.6. The zero-order valence-corrected chi connectivity index (χ0v) is 15.3. The minimum absolute atomic E-state index is 0.252. The molecule has 0 fully saturated rings. The number of hydrogen-bond donors (Lipinski definition) is 1. The Kier molecular flexibility index (Phi) is 4.66. The Labute approximate surface area is 156 Å². The first kappa shape index (κ1) is 17.3. The molecule has 0 bridgehead atoms. The van der Waals surface area contributed by atoms with Crippen molar-refractivity contribution in [3.63, 3.8) is 0 Å². The zero-order valence-electron chi connectivity index (χ0n) is 15.3. The van der Waals surface area contributed by atoms with Crippen molar-refractivity contribution in [2.75, 3.05) is 11.9 Å². The molecule has 1 amide bonds. The summed E-state index contributed by atoms with van der Waals surface area (Å²) < 4.78 is 16.2. The highest BCUT2D eigenvalue weighted by Crippen LogP contribution is 2.31. The summed E-state index contributed by atoms with van der Waals surface area (Å²) in [7, 11) is 0. The summed E-state index contributed by atoms with van der Waals surface area (Å²) in [6, 6.07) is 9.23. The van der Waals surface area contributed by atoms with E-state index in [1.807, 2.05) is 31.2 Å². The Balaban J connectivity index is 1.54. The maximum Gasteiger partial charge on any atom is 0.280 e. The van der Waals surface area contributed by atoms with Crippen molar-refractivity contribution in [2.24, 2.45) is 5.92 Å². The van der Waals surface area contributed by atoms with Crippen molar-refractivity contribution < 1.29 is 18.6 Å². The number of para-hydroxylation sites is 1. The van der Waals surface area contributed by atoms with Gasteiger partial charge in [0.1, 0.15) is 17.2 Å². The van der Waals surface area contributed by atoms with Crippen molar-refractivity contribution in [1.29, 1.82) is 0 Å². The molecule has 7 nitrogen and oxygen atoms in total. The number of anilines is 1. The molecule has 1 aromatic carbocycles. The number of ether oxygens (including phenoxy) is 1. The van der Waals surface area contributed by atoms with Crippen LogP contribution in [-0.4, -0.2) is 22.8 Å². The number of aryl methyl sites for hydroxylation is 1. The van der Waals surface area contributed by atoms with E-state index in [4.69, 9.17) is 13.8 Å². The molecular formula is C20H21N3O4. The van der Waals surface area contributed by atoms with E-state index in [0.717, 1.165) is 36.1 Å². The lowest BCUT2D eigenvalue weighted by Gasteiger charge is -2.16. The first-order chi connectivity index (χ1) is 13.2. The Morgan fingerprint density at radius 3 is 3.00 bits per heavy atom. The molecule has 1 aliphatic rings. The minimum atomic E-state index is -0.352. The van der Waals surface area contributed by atoms with Gasteiger partial charge in [-0.25, -0.2) is 0 Å². The summed E-state index contributed by atoms with van der Waals surface area (Å²) in [6.07, 6.45) is 2.66. The molecule has 1 atom stereocenters. The monoisotopic (exact) mass is 367 g/mol. The van der Waals surface area contributed by atoms with Gasteiger partial charge < -0.3 is 13.8 Å². The molecule has 2 heterocycles. The average molecular weight is 367 g/mol. The molecule has 7 heteroatoms. The van der Waals surface area contributed by atoms with Gasteiger partial charge in [0.25, 0.3) is 5.91 Å². The third-order valence-electron chi connectivity index (χ3n) is 4.71. The van der Waals surface area contributed by atoms with Crippen molar-refractivity contribution >= 4 is 11.8 Å². The number of hydrogen-bond acceptors (Lipinski definition) is 6. The van der Waals surface area contributed by atoms with Crippen LogP contribution in [0.25, 0.3) is 11.3 Å². The third-order valence-corrected chi connectivity index (χ3v) is 4.71. The Hall–Kier alpha value is -3.09. The number of fused-ring (bicyclic) bond motifs is 1. The van der Waals surface area contributed by atoms with Gasteiger partial charge in [-0.05, 0) is 37.8 Å². The van der Waals surface area contributed by atoms with E-state index in [-0.39, 0.29) is 11.8 Å². The summed E-state index contributed by atoms with van der Waals surface area (Å²) in [5.74, 6) is 1.93. The molecule has 2 aromatic heterocycles. The van der Waals surface area contributed by atoms with Crippen LogP contribution in [0.2, 0.25) is 0 Å². The lowest BCUT2D eigenvalue weighted by Crippen LogP contribution is -2.17. The van der Waals surface area contributed by atoms with E-state index in [1.54, 1.807) is 6.07 Å². The van der Waals surface area contributed by atoms with Gasteiger partial charge in [0.15, 0.2) is 5.69 Å². The van der Waals surface area contributed by atoms with E-state index in [9.17, 15) is 4.79 Å². The van der Waals surface area contributed by atoms with Gasteiger partial charge in [0, 0.05) is 23.6 Å². The van der Waals surface area contributed by atoms with Crippen LogP contribution >= 0.6 is 0 Å². The fraction of sp³-hybridized carbons (Fsp3) is 0.350.